The zero-order valence-electron chi connectivity index (χ0n) is 9.28. The maximum absolute atomic E-state index is 11.2. The third kappa shape index (κ3) is 2.06. The highest BCUT2D eigenvalue weighted by Gasteiger charge is 2.51. The first-order chi connectivity index (χ1) is 8.12. The number of hydrogen-bond donors (Lipinski definition) is 1. The van der Waals surface area contributed by atoms with Crippen LogP contribution in [0.25, 0.3) is 0 Å². The van der Waals surface area contributed by atoms with Gasteiger partial charge in [0.05, 0.1) is 10.4 Å². The summed E-state index contributed by atoms with van der Waals surface area (Å²) in [4.78, 5) is 12.3. The minimum Gasteiger partial charge on any atom is -0.481 e. The van der Waals surface area contributed by atoms with Gasteiger partial charge < -0.3 is 5.11 Å². The molecule has 0 amide bonds. The fourth-order valence-corrected chi connectivity index (χ4v) is 3.37. The van der Waals surface area contributed by atoms with Gasteiger partial charge in [0.25, 0.3) is 0 Å². The standard InChI is InChI=1S/C13H13ClO2S/c14-10-7-8(13(5-6-13)12(15)16)1-4-11(10)17-9-2-3-9/h1,4,7,9H,2-3,5-6H2,(H,15,16). The van der Waals surface area contributed by atoms with Gasteiger partial charge in [-0.05, 0) is 43.4 Å². The van der Waals surface area contributed by atoms with Gasteiger partial charge in [0.15, 0.2) is 0 Å². The molecule has 0 saturated heterocycles. The van der Waals surface area contributed by atoms with Gasteiger partial charge in [-0.25, -0.2) is 0 Å². The summed E-state index contributed by atoms with van der Waals surface area (Å²) in [6, 6.07) is 5.74. The summed E-state index contributed by atoms with van der Waals surface area (Å²) in [5.74, 6) is -0.726. The number of carboxylic acids is 1. The van der Waals surface area contributed by atoms with Gasteiger partial charge in [0, 0.05) is 10.1 Å². The molecule has 2 aliphatic rings. The van der Waals surface area contributed by atoms with Crippen LogP contribution in [-0.4, -0.2) is 16.3 Å². The second-order valence-corrected chi connectivity index (χ2v) is 6.60. The monoisotopic (exact) mass is 268 g/mol. The van der Waals surface area contributed by atoms with E-state index in [0.717, 1.165) is 23.3 Å². The lowest BCUT2D eigenvalue weighted by Crippen LogP contribution is -2.19. The largest absolute Gasteiger partial charge is 0.481 e. The number of carboxylic acid groups (broad SMARTS) is 1. The summed E-state index contributed by atoms with van der Waals surface area (Å²) < 4.78 is 0. The van der Waals surface area contributed by atoms with Crippen molar-refractivity contribution in [3.63, 3.8) is 0 Å². The summed E-state index contributed by atoms with van der Waals surface area (Å²) in [5, 5.41) is 10.6. The van der Waals surface area contributed by atoms with Crippen LogP contribution >= 0.6 is 23.4 Å². The molecular formula is C13H13ClO2S. The molecule has 0 heterocycles. The van der Waals surface area contributed by atoms with E-state index in [1.807, 2.05) is 18.2 Å². The molecule has 4 heteroatoms. The van der Waals surface area contributed by atoms with E-state index in [1.54, 1.807) is 11.8 Å². The molecule has 1 N–H and O–H groups in total. The molecule has 1 aromatic rings. The number of hydrogen-bond acceptors (Lipinski definition) is 2. The van der Waals surface area contributed by atoms with Crippen LogP contribution in [0.3, 0.4) is 0 Å². The molecule has 0 radical (unpaired) electrons. The molecule has 0 aliphatic heterocycles. The quantitative estimate of drug-likeness (QED) is 0.904. The van der Waals surface area contributed by atoms with Crippen molar-refractivity contribution < 1.29 is 9.90 Å². The van der Waals surface area contributed by atoms with Gasteiger partial charge in [-0.1, -0.05) is 17.7 Å². The van der Waals surface area contributed by atoms with Crippen LogP contribution in [0.4, 0.5) is 0 Å². The Morgan fingerprint density at radius 2 is 2.12 bits per heavy atom. The van der Waals surface area contributed by atoms with Gasteiger partial charge in [-0.2, -0.15) is 0 Å². The smallest absolute Gasteiger partial charge is 0.314 e. The van der Waals surface area contributed by atoms with Crippen LogP contribution in [0, 0.1) is 0 Å². The minimum absolute atomic E-state index is 0.646. The first-order valence-corrected chi connectivity index (χ1v) is 7.08. The fraction of sp³-hybridized carbons (Fsp3) is 0.462. The van der Waals surface area contributed by atoms with Crippen molar-refractivity contribution in [1.29, 1.82) is 0 Å². The number of thioether (sulfide) groups is 1. The normalized spacial score (nSPS) is 21.2. The predicted molar refractivity (Wildman–Crippen MR) is 68.9 cm³/mol. The summed E-state index contributed by atoms with van der Waals surface area (Å²) in [6.07, 6.45) is 3.99. The Balaban J connectivity index is 1.87. The lowest BCUT2D eigenvalue weighted by molar-refractivity contribution is -0.140. The minimum atomic E-state index is -0.726. The average Bonchev–Trinajstić information content (AvgIpc) is 3.14. The van der Waals surface area contributed by atoms with E-state index in [-0.39, 0.29) is 0 Å². The highest BCUT2D eigenvalue weighted by atomic mass is 35.5. The Kier molecular flexibility index (Phi) is 2.64. The van der Waals surface area contributed by atoms with Crippen molar-refractivity contribution >= 4 is 29.3 Å². The highest BCUT2D eigenvalue weighted by Crippen LogP contribution is 2.50. The van der Waals surface area contributed by atoms with Crippen molar-refractivity contribution in [3.8, 4) is 0 Å². The molecule has 17 heavy (non-hydrogen) atoms. The Hall–Kier alpha value is -0.670. The van der Waals surface area contributed by atoms with Crippen molar-refractivity contribution in [2.45, 2.75) is 41.2 Å². The maximum Gasteiger partial charge on any atom is 0.314 e. The van der Waals surface area contributed by atoms with Crippen molar-refractivity contribution in [2.75, 3.05) is 0 Å². The Labute approximate surface area is 109 Å². The van der Waals surface area contributed by atoms with E-state index >= 15 is 0 Å². The summed E-state index contributed by atoms with van der Waals surface area (Å²) in [6.45, 7) is 0. The molecule has 0 aromatic heterocycles. The molecule has 0 bridgehead atoms. The highest BCUT2D eigenvalue weighted by molar-refractivity contribution is 8.00. The lowest BCUT2D eigenvalue weighted by Gasteiger charge is -2.12. The first-order valence-electron chi connectivity index (χ1n) is 5.82. The van der Waals surface area contributed by atoms with E-state index in [1.165, 1.54) is 12.8 Å². The Morgan fingerprint density at radius 1 is 1.41 bits per heavy atom. The molecule has 0 unspecified atom stereocenters. The average molecular weight is 269 g/mol. The van der Waals surface area contributed by atoms with Crippen molar-refractivity contribution in [2.24, 2.45) is 0 Å². The summed E-state index contributed by atoms with van der Waals surface area (Å²) in [5.41, 5.74) is 0.210. The van der Waals surface area contributed by atoms with Crippen LogP contribution in [-0.2, 0) is 10.2 Å². The Morgan fingerprint density at radius 3 is 2.59 bits per heavy atom. The fourth-order valence-electron chi connectivity index (χ4n) is 2.01. The van der Waals surface area contributed by atoms with Crippen molar-refractivity contribution in [3.05, 3.63) is 28.8 Å². The van der Waals surface area contributed by atoms with E-state index in [4.69, 9.17) is 11.6 Å². The predicted octanol–water partition coefficient (Wildman–Crippen LogP) is 3.71. The maximum atomic E-state index is 11.2. The number of carbonyl (C=O) groups is 1. The van der Waals surface area contributed by atoms with Crippen molar-refractivity contribution in [1.82, 2.24) is 0 Å². The van der Waals surface area contributed by atoms with Gasteiger partial charge >= 0.3 is 5.97 Å². The summed E-state index contributed by atoms with van der Waals surface area (Å²) in [7, 11) is 0. The molecule has 0 atom stereocenters. The number of halogens is 1. The van der Waals surface area contributed by atoms with Gasteiger partial charge in [0.1, 0.15) is 0 Å². The first kappa shape index (κ1) is 11.4. The molecule has 0 spiro atoms. The van der Waals surface area contributed by atoms with E-state index in [2.05, 4.69) is 0 Å². The molecule has 3 rings (SSSR count). The third-order valence-corrected chi connectivity index (χ3v) is 5.30. The van der Waals surface area contributed by atoms with E-state index < -0.39 is 11.4 Å². The number of benzene rings is 1. The van der Waals surface area contributed by atoms with Crippen LogP contribution in [0.5, 0.6) is 0 Å². The zero-order chi connectivity index (χ0) is 12.0. The zero-order valence-corrected chi connectivity index (χ0v) is 10.9. The molecular weight excluding hydrogens is 256 g/mol. The molecule has 2 fully saturated rings. The third-order valence-electron chi connectivity index (χ3n) is 3.46. The Bertz CT molecular complexity index is 478. The number of aliphatic carboxylic acids is 1. The molecule has 2 saturated carbocycles. The molecule has 1 aromatic carbocycles. The SMILES string of the molecule is O=C(O)C1(c2ccc(SC3CC3)c(Cl)c2)CC1. The molecule has 2 aliphatic carbocycles. The van der Waals surface area contributed by atoms with E-state index in [0.29, 0.717) is 10.3 Å². The molecule has 90 valence electrons. The summed E-state index contributed by atoms with van der Waals surface area (Å²) >= 11 is 8.03. The van der Waals surface area contributed by atoms with Crippen LogP contribution in [0.15, 0.2) is 23.1 Å². The van der Waals surface area contributed by atoms with Gasteiger partial charge in [0.2, 0.25) is 0 Å². The second-order valence-electron chi connectivity index (χ2n) is 4.85. The lowest BCUT2D eigenvalue weighted by atomic mass is 9.96. The van der Waals surface area contributed by atoms with Crippen LogP contribution < -0.4 is 0 Å². The topological polar surface area (TPSA) is 37.3 Å². The van der Waals surface area contributed by atoms with Crippen LogP contribution in [0.1, 0.15) is 31.2 Å². The van der Waals surface area contributed by atoms with Crippen LogP contribution in [0.2, 0.25) is 5.02 Å². The number of rotatable bonds is 4. The second kappa shape index (κ2) is 3.92. The molecule has 2 nitrogen and oxygen atoms in total. The van der Waals surface area contributed by atoms with Gasteiger partial charge in [-0.15, -0.1) is 11.8 Å². The van der Waals surface area contributed by atoms with E-state index in [9.17, 15) is 9.90 Å². The van der Waals surface area contributed by atoms with Gasteiger partial charge in [-0.3, -0.25) is 4.79 Å².